The van der Waals surface area contributed by atoms with Gasteiger partial charge in [0.25, 0.3) is 0 Å². The van der Waals surface area contributed by atoms with Gasteiger partial charge in [-0.05, 0) is 44.9 Å². The number of hydrogen-bond donors (Lipinski definition) is 3. The second kappa shape index (κ2) is 31.2. The Balaban J connectivity index is 4.70. The summed E-state index contributed by atoms with van der Waals surface area (Å²) in [5.74, 6) is -0.261. The van der Waals surface area contributed by atoms with Crippen LogP contribution in [-0.4, -0.2) is 73.4 Å². The fourth-order valence-corrected chi connectivity index (χ4v) is 5.49. The zero-order valence-electron chi connectivity index (χ0n) is 31.2. The van der Waals surface area contributed by atoms with Crippen LogP contribution in [0.25, 0.3) is 0 Å². The molecule has 0 aliphatic rings. The summed E-state index contributed by atoms with van der Waals surface area (Å²) in [5.41, 5.74) is 0. The average molecular weight is 696 g/mol. The molecule has 1 amide bonds. The van der Waals surface area contributed by atoms with Gasteiger partial charge in [-0.25, -0.2) is 4.57 Å². The van der Waals surface area contributed by atoms with E-state index in [2.05, 4.69) is 55.6 Å². The minimum Gasteiger partial charge on any atom is -0.387 e. The molecule has 3 atom stereocenters. The molecule has 0 aliphatic carbocycles. The van der Waals surface area contributed by atoms with E-state index in [0.717, 1.165) is 44.9 Å². The van der Waals surface area contributed by atoms with Gasteiger partial charge in [-0.15, -0.1) is 0 Å². The lowest BCUT2D eigenvalue weighted by molar-refractivity contribution is -0.870. The predicted octanol–water partition coefficient (Wildman–Crippen LogP) is 9.51. The number of unbranched alkanes of at least 4 members (excludes halogenated alkanes) is 11. The lowest BCUT2D eigenvalue weighted by Crippen LogP contribution is -2.45. The lowest BCUT2D eigenvalue weighted by atomic mass is 10.0. The first-order valence-electron chi connectivity index (χ1n) is 18.7. The van der Waals surface area contributed by atoms with Crippen molar-refractivity contribution >= 4 is 13.7 Å². The highest BCUT2D eigenvalue weighted by Crippen LogP contribution is 2.43. The van der Waals surface area contributed by atoms with Crippen LogP contribution in [-0.2, 0) is 18.4 Å². The first kappa shape index (κ1) is 46.2. The van der Waals surface area contributed by atoms with Crippen LogP contribution in [0.4, 0.5) is 0 Å². The third-order valence-electron chi connectivity index (χ3n) is 7.76. The minimum absolute atomic E-state index is 0.0462. The van der Waals surface area contributed by atoms with Gasteiger partial charge in [0, 0.05) is 6.42 Å². The number of phosphoric acid groups is 1. The number of aliphatic hydroxyl groups is 1. The number of allylic oxidation sites excluding steroid dienone is 9. The molecule has 9 heteroatoms. The molecule has 8 nitrogen and oxygen atoms in total. The van der Waals surface area contributed by atoms with Crippen molar-refractivity contribution in [2.45, 2.75) is 142 Å². The molecule has 0 heterocycles. The molecule has 48 heavy (non-hydrogen) atoms. The standard InChI is InChI=1S/C39H71N2O6P/c1-6-8-10-12-14-16-18-20-22-24-26-28-30-32-38(42)37(36-47-48(44,45)46-35-34-41(3,4)5)40-39(43)33-31-29-27-25-23-21-19-17-15-13-11-9-7-2/h9,11,15,17,21,23,27,29-30,32,37-38,42H,6-8,10,12-14,16,18-20,22,24-26,28,31,33-36H2,1-5H3,(H-,40,43,44,45)/p+1/b11-9-,17-15-,23-21-,29-27-,32-30+. The Hall–Kier alpha value is -1.80. The SMILES string of the molecule is CC/C=C\C/C=C\C/C=C\C/C=C\CCC(=O)NC(COP(=O)(O)OCC[N+](C)(C)C)C(O)/C=C/CCCCCCCCCCCCC. The van der Waals surface area contributed by atoms with Crippen molar-refractivity contribution in [3.05, 3.63) is 60.8 Å². The highest BCUT2D eigenvalue weighted by molar-refractivity contribution is 7.47. The van der Waals surface area contributed by atoms with Crippen molar-refractivity contribution in [3.8, 4) is 0 Å². The quantitative estimate of drug-likeness (QED) is 0.0280. The third kappa shape index (κ3) is 32.7. The van der Waals surface area contributed by atoms with Crippen LogP contribution in [0.3, 0.4) is 0 Å². The second-order valence-corrected chi connectivity index (χ2v) is 15.0. The average Bonchev–Trinajstić information content (AvgIpc) is 3.02. The van der Waals surface area contributed by atoms with Gasteiger partial charge in [0.2, 0.25) is 5.91 Å². The molecule has 0 bridgehead atoms. The smallest absolute Gasteiger partial charge is 0.387 e. The number of hydrogen-bond acceptors (Lipinski definition) is 5. The Kier molecular flexibility index (Phi) is 30.0. The van der Waals surface area contributed by atoms with E-state index in [1.807, 2.05) is 39.4 Å². The molecular weight excluding hydrogens is 623 g/mol. The van der Waals surface area contributed by atoms with Crippen LogP contribution in [0.2, 0.25) is 0 Å². The number of likely N-dealkylation sites (N-methyl/N-ethyl adjacent to an activating group) is 1. The zero-order valence-corrected chi connectivity index (χ0v) is 32.1. The van der Waals surface area contributed by atoms with E-state index < -0.39 is 20.0 Å². The van der Waals surface area contributed by atoms with Gasteiger partial charge in [0.1, 0.15) is 13.2 Å². The van der Waals surface area contributed by atoms with Crippen LogP contribution in [0.15, 0.2) is 60.8 Å². The summed E-state index contributed by atoms with van der Waals surface area (Å²) in [4.78, 5) is 22.9. The maximum absolute atomic E-state index is 12.7. The maximum Gasteiger partial charge on any atom is 0.472 e. The first-order valence-corrected chi connectivity index (χ1v) is 20.2. The highest BCUT2D eigenvalue weighted by Gasteiger charge is 2.27. The van der Waals surface area contributed by atoms with Crippen molar-refractivity contribution in [2.24, 2.45) is 0 Å². The molecule has 3 unspecified atom stereocenters. The summed E-state index contributed by atoms with van der Waals surface area (Å²) in [6, 6.07) is -0.883. The van der Waals surface area contributed by atoms with E-state index in [1.165, 1.54) is 57.8 Å². The van der Waals surface area contributed by atoms with E-state index in [9.17, 15) is 19.4 Å². The molecule has 0 aromatic rings. The number of rotatable bonds is 32. The fourth-order valence-electron chi connectivity index (χ4n) is 4.75. The molecular formula is C39H72N2O6P+. The number of nitrogens with one attached hydrogen (secondary N) is 1. The number of carbonyl (C=O) groups is 1. The Morgan fingerprint density at radius 1 is 0.729 bits per heavy atom. The molecule has 278 valence electrons. The number of aliphatic hydroxyl groups excluding tert-OH is 1. The molecule has 0 saturated carbocycles. The molecule has 0 rings (SSSR count). The van der Waals surface area contributed by atoms with E-state index in [-0.39, 0.29) is 25.5 Å². The molecule has 0 fully saturated rings. The van der Waals surface area contributed by atoms with Gasteiger partial charge in [-0.1, -0.05) is 139 Å². The molecule has 0 aromatic heterocycles. The maximum atomic E-state index is 12.7. The van der Waals surface area contributed by atoms with Gasteiger partial charge in [0.15, 0.2) is 0 Å². The largest absolute Gasteiger partial charge is 0.472 e. The lowest BCUT2D eigenvalue weighted by Gasteiger charge is -2.25. The summed E-state index contributed by atoms with van der Waals surface area (Å²) in [7, 11) is 1.52. The van der Waals surface area contributed by atoms with Gasteiger partial charge in [-0.3, -0.25) is 13.8 Å². The third-order valence-corrected chi connectivity index (χ3v) is 8.74. The number of carbonyl (C=O) groups excluding carboxylic acids is 1. The highest BCUT2D eigenvalue weighted by atomic mass is 31.2. The van der Waals surface area contributed by atoms with E-state index in [0.29, 0.717) is 17.4 Å². The monoisotopic (exact) mass is 696 g/mol. The molecule has 0 aliphatic heterocycles. The Morgan fingerprint density at radius 3 is 1.79 bits per heavy atom. The summed E-state index contributed by atoms with van der Waals surface area (Å²) < 4.78 is 23.4. The van der Waals surface area contributed by atoms with Gasteiger partial charge >= 0.3 is 7.82 Å². The van der Waals surface area contributed by atoms with Crippen LogP contribution >= 0.6 is 7.82 Å². The van der Waals surface area contributed by atoms with Crippen LogP contribution in [0.1, 0.15) is 129 Å². The van der Waals surface area contributed by atoms with Crippen LogP contribution in [0.5, 0.6) is 0 Å². The minimum atomic E-state index is -4.35. The first-order chi connectivity index (χ1) is 23.0. The zero-order chi connectivity index (χ0) is 35.8. The van der Waals surface area contributed by atoms with Crippen molar-refractivity contribution in [3.63, 3.8) is 0 Å². The number of phosphoric ester groups is 1. The van der Waals surface area contributed by atoms with Crippen LogP contribution < -0.4 is 5.32 Å². The normalized spacial score (nSPS) is 15.4. The van der Waals surface area contributed by atoms with Crippen LogP contribution in [0, 0.1) is 0 Å². The van der Waals surface area contributed by atoms with Crippen molar-refractivity contribution < 1.29 is 32.9 Å². The summed E-state index contributed by atoms with van der Waals surface area (Å²) in [6.07, 6.45) is 38.7. The van der Waals surface area contributed by atoms with Crippen molar-refractivity contribution in [1.29, 1.82) is 0 Å². The van der Waals surface area contributed by atoms with Gasteiger partial charge in [0.05, 0.1) is 39.9 Å². The van der Waals surface area contributed by atoms with E-state index in [4.69, 9.17) is 9.05 Å². The number of nitrogens with zero attached hydrogens (tertiary/aromatic N) is 1. The summed E-state index contributed by atoms with van der Waals surface area (Å²) in [6.45, 7) is 4.60. The predicted molar refractivity (Wildman–Crippen MR) is 203 cm³/mol. The number of quaternary nitrogens is 1. The van der Waals surface area contributed by atoms with Gasteiger partial charge in [-0.2, -0.15) is 0 Å². The van der Waals surface area contributed by atoms with E-state index >= 15 is 0 Å². The summed E-state index contributed by atoms with van der Waals surface area (Å²) in [5, 5.41) is 13.7. The Bertz CT molecular complexity index is 970. The fraction of sp³-hybridized carbons (Fsp3) is 0.718. The number of amides is 1. The Morgan fingerprint density at radius 2 is 1.25 bits per heavy atom. The molecule has 0 aromatic carbocycles. The molecule has 0 spiro atoms. The van der Waals surface area contributed by atoms with E-state index in [1.54, 1.807) is 6.08 Å². The van der Waals surface area contributed by atoms with Crippen molar-refractivity contribution in [1.82, 2.24) is 5.32 Å². The second-order valence-electron chi connectivity index (χ2n) is 13.6. The molecule has 3 N–H and O–H groups in total. The van der Waals surface area contributed by atoms with Gasteiger partial charge < -0.3 is 19.8 Å². The van der Waals surface area contributed by atoms with Crippen molar-refractivity contribution in [2.75, 3.05) is 40.9 Å². The Labute approximate surface area is 294 Å². The summed E-state index contributed by atoms with van der Waals surface area (Å²) >= 11 is 0. The molecule has 0 radical (unpaired) electrons. The molecule has 0 saturated heterocycles. The topological polar surface area (TPSA) is 105 Å².